The maximum Gasteiger partial charge on any atom is 0.317 e. The van der Waals surface area contributed by atoms with Crippen molar-refractivity contribution in [3.05, 3.63) is 35.9 Å². The van der Waals surface area contributed by atoms with Crippen molar-refractivity contribution >= 4 is 17.9 Å². The first-order chi connectivity index (χ1) is 14.3. The molecule has 1 saturated heterocycles. The van der Waals surface area contributed by atoms with Crippen molar-refractivity contribution in [3.63, 3.8) is 0 Å². The van der Waals surface area contributed by atoms with Crippen molar-refractivity contribution in [1.29, 1.82) is 0 Å². The minimum absolute atomic E-state index is 0.0156. The van der Waals surface area contributed by atoms with Crippen LogP contribution in [0.2, 0.25) is 0 Å². The number of likely N-dealkylation sites (tertiary alicyclic amines) is 1. The largest absolute Gasteiger partial charge is 0.369 e. The molecule has 1 aromatic rings. The molecule has 1 aromatic carbocycles. The molecule has 30 heavy (non-hydrogen) atoms. The van der Waals surface area contributed by atoms with Crippen LogP contribution in [0.15, 0.2) is 35.3 Å². The Kier molecular flexibility index (Phi) is 7.00. The summed E-state index contributed by atoms with van der Waals surface area (Å²) >= 11 is 0. The van der Waals surface area contributed by atoms with Gasteiger partial charge < -0.3 is 16.0 Å². The number of nitrogens with zero attached hydrogens (tertiary/aromatic N) is 3. The van der Waals surface area contributed by atoms with E-state index in [-0.39, 0.29) is 17.9 Å². The average Bonchev–Trinajstić information content (AvgIpc) is 2.91. The number of aliphatic imine (C=N–C) groups is 1. The first-order valence-corrected chi connectivity index (χ1v) is 11.0. The Hall–Kier alpha value is -2.57. The highest BCUT2D eigenvalue weighted by Gasteiger charge is 2.44. The number of hydrogen-bond acceptors (Lipinski definition) is 4. The van der Waals surface area contributed by atoms with Gasteiger partial charge in [-0.15, -0.1) is 0 Å². The molecule has 7 nitrogen and oxygen atoms in total. The second kappa shape index (κ2) is 9.49. The van der Waals surface area contributed by atoms with E-state index < -0.39 is 5.54 Å². The van der Waals surface area contributed by atoms with Gasteiger partial charge in [0.25, 0.3) is 5.91 Å². The quantitative estimate of drug-likeness (QED) is 0.720. The van der Waals surface area contributed by atoms with Gasteiger partial charge in [-0.2, -0.15) is 0 Å². The summed E-state index contributed by atoms with van der Waals surface area (Å²) in [5, 5.41) is 3.03. The number of benzene rings is 1. The number of piperidine rings is 1. The first kappa shape index (κ1) is 22.1. The minimum Gasteiger partial charge on any atom is -0.369 e. The molecule has 3 amide bonds. The molecule has 2 atom stereocenters. The predicted molar refractivity (Wildman–Crippen MR) is 119 cm³/mol. The lowest BCUT2D eigenvalue weighted by molar-refractivity contribution is -0.131. The van der Waals surface area contributed by atoms with Crippen LogP contribution in [0.25, 0.3) is 0 Å². The third kappa shape index (κ3) is 5.32. The maximum absolute atomic E-state index is 13.0. The summed E-state index contributed by atoms with van der Waals surface area (Å²) in [5.41, 5.74) is 6.56. The van der Waals surface area contributed by atoms with Gasteiger partial charge in [0.05, 0.1) is 0 Å². The molecule has 0 bridgehead atoms. The van der Waals surface area contributed by atoms with Crippen LogP contribution in [0.3, 0.4) is 0 Å². The normalized spacial score (nSPS) is 24.3. The van der Waals surface area contributed by atoms with Crippen molar-refractivity contribution in [2.24, 2.45) is 22.6 Å². The number of rotatable bonds is 7. The summed E-state index contributed by atoms with van der Waals surface area (Å²) in [7, 11) is 0. The molecule has 3 rings (SSSR count). The molecule has 0 aromatic heterocycles. The lowest BCUT2D eigenvalue weighted by Gasteiger charge is -2.35. The van der Waals surface area contributed by atoms with E-state index in [9.17, 15) is 9.59 Å². The predicted octanol–water partition coefficient (Wildman–Crippen LogP) is 2.61. The number of carbonyl (C=O) groups excluding carboxylic acids is 2. The monoisotopic (exact) mass is 413 g/mol. The fourth-order valence-electron chi connectivity index (χ4n) is 4.59. The van der Waals surface area contributed by atoms with Gasteiger partial charge in [-0.3, -0.25) is 9.69 Å². The summed E-state index contributed by atoms with van der Waals surface area (Å²) in [4.78, 5) is 33.6. The third-order valence-electron chi connectivity index (χ3n) is 5.93. The molecule has 3 N–H and O–H groups in total. The van der Waals surface area contributed by atoms with E-state index in [0.29, 0.717) is 37.9 Å². The molecule has 2 heterocycles. The zero-order valence-electron chi connectivity index (χ0n) is 18.4. The average molecular weight is 414 g/mol. The van der Waals surface area contributed by atoms with Gasteiger partial charge >= 0.3 is 6.03 Å². The number of hydrogen-bond donors (Lipinski definition) is 2. The Morgan fingerprint density at radius 1 is 1.33 bits per heavy atom. The van der Waals surface area contributed by atoms with Crippen LogP contribution in [-0.2, 0) is 11.2 Å². The summed E-state index contributed by atoms with van der Waals surface area (Å²) < 4.78 is 0. The number of nitrogens with two attached hydrogens (primary N) is 1. The van der Waals surface area contributed by atoms with Gasteiger partial charge in [0, 0.05) is 26.2 Å². The molecular weight excluding hydrogens is 378 g/mol. The van der Waals surface area contributed by atoms with Gasteiger partial charge in [-0.25, -0.2) is 9.79 Å². The number of nitrogens with one attached hydrogen (secondary N) is 1. The molecular formula is C23H35N5O2. The summed E-state index contributed by atoms with van der Waals surface area (Å²) in [6.07, 6.45) is 3.40. The Labute approximate surface area is 179 Å². The second-order valence-electron chi connectivity index (χ2n) is 9.18. The Balaban J connectivity index is 1.50. The zero-order valence-corrected chi connectivity index (χ0v) is 18.4. The molecule has 2 unspecified atom stereocenters. The first-order valence-electron chi connectivity index (χ1n) is 11.0. The fourth-order valence-corrected chi connectivity index (χ4v) is 4.59. The van der Waals surface area contributed by atoms with Crippen LogP contribution in [0.1, 0.15) is 45.6 Å². The number of carbonyl (C=O) groups is 2. The van der Waals surface area contributed by atoms with Crippen molar-refractivity contribution in [2.45, 2.75) is 52.0 Å². The van der Waals surface area contributed by atoms with Crippen LogP contribution in [0.5, 0.6) is 0 Å². The number of urea groups is 1. The highest BCUT2D eigenvalue weighted by atomic mass is 16.2. The van der Waals surface area contributed by atoms with E-state index in [4.69, 9.17) is 5.73 Å². The third-order valence-corrected chi connectivity index (χ3v) is 5.93. The summed E-state index contributed by atoms with van der Waals surface area (Å²) in [6, 6.07) is 10.1. The van der Waals surface area contributed by atoms with E-state index in [0.717, 1.165) is 25.8 Å². The van der Waals surface area contributed by atoms with E-state index in [1.807, 2.05) is 30.0 Å². The molecule has 2 aliphatic heterocycles. The second-order valence-corrected chi connectivity index (χ2v) is 9.18. The molecule has 1 fully saturated rings. The van der Waals surface area contributed by atoms with E-state index in [1.165, 1.54) is 5.56 Å². The Bertz CT molecular complexity index is 779. The smallest absolute Gasteiger partial charge is 0.317 e. The van der Waals surface area contributed by atoms with Gasteiger partial charge in [0.15, 0.2) is 5.96 Å². The van der Waals surface area contributed by atoms with E-state index in [1.54, 1.807) is 4.90 Å². The van der Waals surface area contributed by atoms with Crippen LogP contribution >= 0.6 is 0 Å². The van der Waals surface area contributed by atoms with Crippen molar-refractivity contribution < 1.29 is 9.59 Å². The fraction of sp³-hybridized carbons (Fsp3) is 0.609. The molecule has 0 spiro atoms. The molecule has 164 valence electrons. The van der Waals surface area contributed by atoms with E-state index in [2.05, 4.69) is 36.3 Å². The molecule has 2 aliphatic rings. The van der Waals surface area contributed by atoms with Gasteiger partial charge in [-0.05, 0) is 50.0 Å². The summed E-state index contributed by atoms with van der Waals surface area (Å²) in [5.74, 6) is 0.864. The van der Waals surface area contributed by atoms with Gasteiger partial charge in [0.2, 0.25) is 0 Å². The van der Waals surface area contributed by atoms with Crippen LogP contribution < -0.4 is 11.1 Å². The highest BCUT2D eigenvalue weighted by molar-refractivity contribution is 6.06. The van der Waals surface area contributed by atoms with Crippen molar-refractivity contribution in [2.75, 3.05) is 26.2 Å². The maximum atomic E-state index is 13.0. The van der Waals surface area contributed by atoms with Crippen molar-refractivity contribution in [3.8, 4) is 0 Å². The summed E-state index contributed by atoms with van der Waals surface area (Å²) in [6.45, 7) is 8.56. The Morgan fingerprint density at radius 3 is 2.77 bits per heavy atom. The van der Waals surface area contributed by atoms with Gasteiger partial charge in [0.1, 0.15) is 5.54 Å². The number of amides is 3. The molecule has 7 heteroatoms. The highest BCUT2D eigenvalue weighted by Crippen LogP contribution is 2.30. The van der Waals surface area contributed by atoms with Crippen LogP contribution in [0.4, 0.5) is 4.79 Å². The SMILES string of the molecule is CC(C)CC1(C)N=C(N)N(CC2CCCN(C(=O)NCCc3ccccc3)C2)C1=O. The minimum atomic E-state index is -0.762. The zero-order chi connectivity index (χ0) is 21.7. The molecule has 0 radical (unpaired) electrons. The lowest BCUT2D eigenvalue weighted by atomic mass is 9.90. The lowest BCUT2D eigenvalue weighted by Crippen LogP contribution is -2.51. The van der Waals surface area contributed by atoms with Crippen molar-refractivity contribution in [1.82, 2.24) is 15.1 Å². The topological polar surface area (TPSA) is 91.0 Å². The number of guanidine groups is 1. The standard InChI is InChI=1S/C23H35N5O2/c1-17(2)14-23(3)20(29)28(21(24)26-23)16-19-10-7-13-27(15-19)22(30)25-12-11-18-8-5-4-6-9-18/h4-6,8-9,17,19H,7,10-16H2,1-3H3,(H2,24,26)(H,25,30). The molecule has 0 aliphatic carbocycles. The van der Waals surface area contributed by atoms with Gasteiger partial charge in [-0.1, -0.05) is 44.2 Å². The Morgan fingerprint density at radius 2 is 2.07 bits per heavy atom. The van der Waals surface area contributed by atoms with E-state index >= 15 is 0 Å². The van der Waals surface area contributed by atoms with Crippen LogP contribution in [-0.4, -0.2) is 59.4 Å². The molecule has 0 saturated carbocycles. The van der Waals surface area contributed by atoms with Crippen LogP contribution in [0, 0.1) is 11.8 Å².